The van der Waals surface area contributed by atoms with Gasteiger partial charge in [-0.05, 0) is 54.7 Å². The molecule has 0 radical (unpaired) electrons. The Hall–Kier alpha value is -1.64. The standard InChI is InChI=1S/C23H27N3O2S3/c1-2-3-4-10-26-22(28)20-16-6-5-7-18(16)31-21(20)24-23(26)30-14-19(27)25-11-8-17-15(13-25)9-12-29-17/h9,12H,2-8,10-11,13-14H2,1H3. The maximum Gasteiger partial charge on any atom is 0.263 e. The number of thiophene rings is 2. The molecule has 0 unspecified atom stereocenters. The summed E-state index contributed by atoms with van der Waals surface area (Å²) in [6.07, 6.45) is 7.29. The molecule has 2 aliphatic rings. The second kappa shape index (κ2) is 9.08. The van der Waals surface area contributed by atoms with Crippen molar-refractivity contribution in [1.82, 2.24) is 14.5 Å². The van der Waals surface area contributed by atoms with E-state index in [-0.39, 0.29) is 11.5 Å². The summed E-state index contributed by atoms with van der Waals surface area (Å²) < 4.78 is 1.84. The van der Waals surface area contributed by atoms with Gasteiger partial charge in [-0.1, -0.05) is 31.5 Å². The van der Waals surface area contributed by atoms with Crippen molar-refractivity contribution < 1.29 is 4.79 Å². The van der Waals surface area contributed by atoms with E-state index in [4.69, 9.17) is 4.98 Å². The first-order valence-corrected chi connectivity index (χ1v) is 13.8. The Kier molecular flexibility index (Phi) is 6.21. The molecule has 164 valence electrons. The summed E-state index contributed by atoms with van der Waals surface area (Å²) in [5.41, 5.74) is 2.60. The van der Waals surface area contributed by atoms with E-state index in [0.717, 1.165) is 61.7 Å². The number of hydrogen-bond acceptors (Lipinski definition) is 6. The van der Waals surface area contributed by atoms with Gasteiger partial charge >= 0.3 is 0 Å². The minimum absolute atomic E-state index is 0.0938. The van der Waals surface area contributed by atoms with Gasteiger partial charge in [-0.2, -0.15) is 0 Å². The molecule has 0 saturated heterocycles. The largest absolute Gasteiger partial charge is 0.337 e. The number of hydrogen-bond donors (Lipinski definition) is 0. The fraction of sp³-hybridized carbons (Fsp3) is 0.522. The second-order valence-electron chi connectivity index (χ2n) is 8.32. The maximum absolute atomic E-state index is 13.4. The number of carbonyl (C=O) groups excluding carboxylic acids is 1. The van der Waals surface area contributed by atoms with Crippen molar-refractivity contribution >= 4 is 50.6 Å². The summed E-state index contributed by atoms with van der Waals surface area (Å²) in [4.78, 5) is 36.8. The van der Waals surface area contributed by atoms with Gasteiger partial charge in [0.1, 0.15) is 4.83 Å². The van der Waals surface area contributed by atoms with E-state index in [1.165, 1.54) is 32.6 Å². The van der Waals surface area contributed by atoms with Gasteiger partial charge < -0.3 is 4.90 Å². The molecule has 5 nitrogen and oxygen atoms in total. The van der Waals surface area contributed by atoms with Gasteiger partial charge in [-0.3, -0.25) is 14.2 Å². The predicted molar refractivity (Wildman–Crippen MR) is 130 cm³/mol. The van der Waals surface area contributed by atoms with Gasteiger partial charge in [0.15, 0.2) is 5.16 Å². The van der Waals surface area contributed by atoms with Crippen molar-refractivity contribution in [3.05, 3.63) is 42.7 Å². The van der Waals surface area contributed by atoms with Gasteiger partial charge in [0.25, 0.3) is 5.56 Å². The molecule has 31 heavy (non-hydrogen) atoms. The van der Waals surface area contributed by atoms with Gasteiger partial charge in [0.05, 0.1) is 11.1 Å². The monoisotopic (exact) mass is 473 g/mol. The summed E-state index contributed by atoms with van der Waals surface area (Å²) in [5.74, 6) is 0.459. The highest BCUT2D eigenvalue weighted by Gasteiger charge is 2.25. The smallest absolute Gasteiger partial charge is 0.263 e. The molecule has 3 aromatic heterocycles. The fourth-order valence-electron chi connectivity index (χ4n) is 4.56. The first-order chi connectivity index (χ1) is 15.2. The van der Waals surface area contributed by atoms with Crippen LogP contribution in [0.1, 0.15) is 53.5 Å². The summed E-state index contributed by atoms with van der Waals surface area (Å²) in [6, 6.07) is 2.13. The third kappa shape index (κ3) is 4.10. The van der Waals surface area contributed by atoms with Crippen molar-refractivity contribution in [2.24, 2.45) is 0 Å². The van der Waals surface area contributed by atoms with Gasteiger partial charge in [0.2, 0.25) is 5.91 Å². The lowest BCUT2D eigenvalue weighted by Gasteiger charge is -2.27. The highest BCUT2D eigenvalue weighted by molar-refractivity contribution is 7.99. The van der Waals surface area contributed by atoms with E-state index in [0.29, 0.717) is 24.0 Å². The molecule has 1 amide bonds. The van der Waals surface area contributed by atoms with Crippen LogP contribution in [0.25, 0.3) is 10.2 Å². The molecule has 0 bridgehead atoms. The van der Waals surface area contributed by atoms with Crippen LogP contribution in [0.3, 0.4) is 0 Å². The predicted octanol–water partition coefficient (Wildman–Crippen LogP) is 4.88. The van der Waals surface area contributed by atoms with Crippen molar-refractivity contribution in [2.75, 3.05) is 12.3 Å². The topological polar surface area (TPSA) is 55.2 Å². The maximum atomic E-state index is 13.4. The average Bonchev–Trinajstić information content (AvgIpc) is 3.48. The Morgan fingerprint density at radius 3 is 3.00 bits per heavy atom. The van der Waals surface area contributed by atoms with Gasteiger partial charge in [-0.25, -0.2) is 4.98 Å². The molecule has 5 rings (SSSR count). The van der Waals surface area contributed by atoms with Crippen molar-refractivity contribution in [1.29, 1.82) is 0 Å². The van der Waals surface area contributed by atoms with E-state index < -0.39 is 0 Å². The van der Waals surface area contributed by atoms with Crippen LogP contribution in [-0.4, -0.2) is 32.7 Å². The van der Waals surface area contributed by atoms with Gasteiger partial charge in [0, 0.05) is 29.4 Å². The summed E-state index contributed by atoms with van der Waals surface area (Å²) >= 11 is 4.89. The quantitative estimate of drug-likeness (QED) is 0.279. The molecule has 0 spiro atoms. The molecule has 0 saturated carbocycles. The molecule has 0 atom stereocenters. The van der Waals surface area contributed by atoms with E-state index in [9.17, 15) is 9.59 Å². The third-order valence-electron chi connectivity index (χ3n) is 6.26. The number of unbranched alkanes of at least 4 members (excludes halogenated alkanes) is 2. The zero-order chi connectivity index (χ0) is 21.4. The number of aryl methyl sites for hydroxylation is 2. The van der Waals surface area contributed by atoms with Crippen molar-refractivity contribution in [3.8, 4) is 0 Å². The lowest BCUT2D eigenvalue weighted by Crippen LogP contribution is -2.36. The van der Waals surface area contributed by atoms with E-state index in [1.54, 1.807) is 22.7 Å². The number of aromatic nitrogens is 2. The molecule has 4 heterocycles. The fourth-order valence-corrected chi connectivity index (χ4v) is 7.68. The number of thioether (sulfide) groups is 1. The van der Waals surface area contributed by atoms with Crippen LogP contribution in [0, 0.1) is 0 Å². The lowest BCUT2D eigenvalue weighted by atomic mass is 10.1. The van der Waals surface area contributed by atoms with Crippen LogP contribution in [0.5, 0.6) is 0 Å². The average molecular weight is 474 g/mol. The molecule has 8 heteroatoms. The highest BCUT2D eigenvalue weighted by Crippen LogP contribution is 2.35. The Labute approximate surface area is 194 Å². The van der Waals surface area contributed by atoms with Crippen molar-refractivity contribution in [2.45, 2.75) is 70.1 Å². The molecule has 0 aromatic carbocycles. The molecule has 0 fully saturated rings. The first kappa shape index (κ1) is 21.2. The summed E-state index contributed by atoms with van der Waals surface area (Å²) in [6.45, 7) is 4.33. The zero-order valence-corrected chi connectivity index (χ0v) is 20.3. The van der Waals surface area contributed by atoms with Gasteiger partial charge in [-0.15, -0.1) is 22.7 Å². The number of amides is 1. The lowest BCUT2D eigenvalue weighted by molar-refractivity contribution is -0.129. The number of rotatable bonds is 7. The minimum atomic E-state index is 0.0938. The van der Waals surface area contributed by atoms with E-state index in [2.05, 4.69) is 18.4 Å². The molecular formula is C23H27N3O2S3. The Balaban J connectivity index is 1.38. The highest BCUT2D eigenvalue weighted by atomic mass is 32.2. The normalized spacial score (nSPS) is 15.5. The zero-order valence-electron chi connectivity index (χ0n) is 17.8. The third-order valence-corrected chi connectivity index (χ3v) is 9.43. The van der Waals surface area contributed by atoms with E-state index >= 15 is 0 Å². The van der Waals surface area contributed by atoms with Crippen LogP contribution in [0.2, 0.25) is 0 Å². The molecule has 1 aliphatic heterocycles. The van der Waals surface area contributed by atoms with Crippen LogP contribution in [-0.2, 0) is 37.1 Å². The number of carbonyl (C=O) groups is 1. The number of nitrogens with zero attached hydrogens (tertiary/aromatic N) is 3. The van der Waals surface area contributed by atoms with Crippen LogP contribution in [0.15, 0.2) is 21.4 Å². The Bertz CT molecular complexity index is 1180. The second-order valence-corrected chi connectivity index (χ2v) is 11.3. The summed E-state index contributed by atoms with van der Waals surface area (Å²) in [5, 5.41) is 3.65. The molecule has 1 aliphatic carbocycles. The van der Waals surface area contributed by atoms with Crippen LogP contribution in [0.4, 0.5) is 0 Å². The van der Waals surface area contributed by atoms with Crippen LogP contribution < -0.4 is 5.56 Å². The van der Waals surface area contributed by atoms with E-state index in [1.807, 2.05) is 9.47 Å². The Morgan fingerprint density at radius 2 is 2.13 bits per heavy atom. The summed E-state index contributed by atoms with van der Waals surface area (Å²) in [7, 11) is 0. The molecular weight excluding hydrogens is 446 g/mol. The molecule has 0 N–H and O–H groups in total. The van der Waals surface area contributed by atoms with Crippen molar-refractivity contribution in [3.63, 3.8) is 0 Å². The minimum Gasteiger partial charge on any atom is -0.337 e. The molecule has 3 aromatic rings. The SMILES string of the molecule is CCCCCn1c(SCC(=O)N2CCc3sccc3C2)nc2sc3c(c2c1=O)CCC3. The first-order valence-electron chi connectivity index (χ1n) is 11.2. The van der Waals surface area contributed by atoms with Crippen LogP contribution >= 0.6 is 34.4 Å². The Morgan fingerprint density at radius 1 is 1.23 bits per heavy atom. The number of fused-ring (bicyclic) bond motifs is 4.